The molecule has 24 heavy (non-hydrogen) atoms. The first-order chi connectivity index (χ1) is 11.2. The molecule has 0 amide bonds. The van der Waals surface area contributed by atoms with Crippen LogP contribution in [0.4, 0.5) is 0 Å². The van der Waals surface area contributed by atoms with Gasteiger partial charge in [0.15, 0.2) is 5.96 Å². The Balaban J connectivity index is 0.00000288. The van der Waals surface area contributed by atoms with Crippen LogP contribution < -0.4 is 10.6 Å². The van der Waals surface area contributed by atoms with Gasteiger partial charge in [0.25, 0.3) is 0 Å². The summed E-state index contributed by atoms with van der Waals surface area (Å²) in [6, 6.07) is 8.31. The zero-order chi connectivity index (χ0) is 16.5. The van der Waals surface area contributed by atoms with Crippen molar-refractivity contribution in [2.75, 3.05) is 18.8 Å². The lowest BCUT2D eigenvalue weighted by atomic mass is 9.93. The highest BCUT2D eigenvalue weighted by molar-refractivity contribution is 14.0. The van der Waals surface area contributed by atoms with Gasteiger partial charge in [0.05, 0.1) is 12.6 Å². The quantitative estimate of drug-likeness (QED) is 0.189. The van der Waals surface area contributed by atoms with E-state index in [0.29, 0.717) is 6.04 Å². The molecule has 4 nitrogen and oxygen atoms in total. The van der Waals surface area contributed by atoms with Crippen molar-refractivity contribution in [2.45, 2.75) is 49.6 Å². The highest BCUT2D eigenvalue weighted by Crippen LogP contribution is 2.20. The molecule has 1 aliphatic carbocycles. The van der Waals surface area contributed by atoms with Crippen LogP contribution in [0.25, 0.3) is 0 Å². The molecule has 1 aromatic rings. The number of rotatable bonds is 6. The van der Waals surface area contributed by atoms with Crippen LogP contribution in [-0.2, 0) is 0 Å². The molecule has 0 bridgehead atoms. The second-order valence-electron chi connectivity index (χ2n) is 5.71. The van der Waals surface area contributed by atoms with Gasteiger partial charge in [0.2, 0.25) is 0 Å². The van der Waals surface area contributed by atoms with Crippen LogP contribution in [0, 0.1) is 0 Å². The molecule has 0 atom stereocenters. The van der Waals surface area contributed by atoms with E-state index < -0.39 is 0 Å². The Kier molecular flexibility index (Phi) is 11.1. The van der Waals surface area contributed by atoms with Crippen molar-refractivity contribution in [2.24, 2.45) is 4.99 Å². The third kappa shape index (κ3) is 8.27. The third-order valence-electron chi connectivity index (χ3n) is 3.83. The van der Waals surface area contributed by atoms with Crippen LogP contribution in [0.1, 0.15) is 32.6 Å². The van der Waals surface area contributed by atoms with E-state index in [9.17, 15) is 5.11 Å². The molecule has 7 heteroatoms. The second kappa shape index (κ2) is 12.2. The molecular weight excluding hydrogens is 457 g/mol. The maximum Gasteiger partial charge on any atom is 0.191 e. The van der Waals surface area contributed by atoms with Gasteiger partial charge < -0.3 is 15.7 Å². The van der Waals surface area contributed by atoms with Crippen molar-refractivity contribution >= 4 is 53.3 Å². The lowest BCUT2D eigenvalue weighted by Gasteiger charge is -2.27. The fourth-order valence-electron chi connectivity index (χ4n) is 2.59. The Bertz CT molecular complexity index is 493. The molecule has 0 unspecified atom stereocenters. The molecular formula is C17H27ClIN3OS. The van der Waals surface area contributed by atoms with Gasteiger partial charge in [-0.15, -0.1) is 35.7 Å². The maximum absolute atomic E-state index is 9.58. The number of aliphatic hydroxyl groups is 1. The normalized spacial score (nSPS) is 21.0. The Morgan fingerprint density at radius 1 is 1.25 bits per heavy atom. The van der Waals surface area contributed by atoms with E-state index in [4.69, 9.17) is 11.6 Å². The van der Waals surface area contributed by atoms with E-state index in [0.717, 1.165) is 55.5 Å². The summed E-state index contributed by atoms with van der Waals surface area (Å²) >= 11 is 7.67. The van der Waals surface area contributed by atoms with Crippen LogP contribution >= 0.6 is 47.3 Å². The average Bonchev–Trinajstić information content (AvgIpc) is 2.55. The maximum atomic E-state index is 9.58. The van der Waals surface area contributed by atoms with Crippen LogP contribution in [0.2, 0.25) is 5.02 Å². The molecule has 1 fully saturated rings. The minimum atomic E-state index is -0.122. The van der Waals surface area contributed by atoms with E-state index in [1.807, 2.05) is 24.3 Å². The van der Waals surface area contributed by atoms with Gasteiger partial charge in [-0.3, -0.25) is 4.99 Å². The predicted octanol–water partition coefficient (Wildman–Crippen LogP) is 3.91. The topological polar surface area (TPSA) is 56.7 Å². The lowest BCUT2D eigenvalue weighted by molar-refractivity contribution is 0.120. The number of nitrogens with zero attached hydrogens (tertiary/aromatic N) is 1. The molecule has 0 heterocycles. The summed E-state index contributed by atoms with van der Waals surface area (Å²) in [6.07, 6.45) is 3.65. The highest BCUT2D eigenvalue weighted by atomic mass is 127. The molecule has 0 saturated heterocycles. The summed E-state index contributed by atoms with van der Waals surface area (Å²) in [5.74, 6) is 1.81. The number of hydrogen-bond acceptors (Lipinski definition) is 3. The fraction of sp³-hybridized carbons (Fsp3) is 0.588. The summed E-state index contributed by atoms with van der Waals surface area (Å²) in [5, 5.41) is 17.1. The number of aliphatic imine (C=N–C) groups is 1. The molecule has 136 valence electrons. The van der Waals surface area contributed by atoms with E-state index in [1.54, 1.807) is 11.8 Å². The van der Waals surface area contributed by atoms with E-state index >= 15 is 0 Å². The Labute approximate surface area is 171 Å². The standard InChI is InChI=1S/C17H26ClN3OS.HI/c1-2-19-17(21-14-5-7-15(22)8-6-14)20-11-12-23-16-9-3-13(18)4-10-16;/h3-4,9-10,14-15,22H,2,5-8,11-12H2,1H3,(H2,19,20,21);1H. The number of halogens is 2. The number of nitrogens with one attached hydrogen (secondary N) is 2. The summed E-state index contributed by atoms with van der Waals surface area (Å²) in [4.78, 5) is 5.86. The van der Waals surface area contributed by atoms with Crippen LogP contribution in [-0.4, -0.2) is 42.1 Å². The number of thioether (sulfide) groups is 1. The van der Waals surface area contributed by atoms with Gasteiger partial charge in [-0.1, -0.05) is 11.6 Å². The molecule has 3 N–H and O–H groups in total. The zero-order valence-electron chi connectivity index (χ0n) is 14.0. The molecule has 0 aliphatic heterocycles. The molecule has 2 rings (SSSR count). The molecule has 0 aromatic heterocycles. The van der Waals surface area contributed by atoms with Crippen molar-refractivity contribution in [1.82, 2.24) is 10.6 Å². The zero-order valence-corrected chi connectivity index (χ0v) is 17.9. The summed E-state index contributed by atoms with van der Waals surface area (Å²) in [7, 11) is 0. The van der Waals surface area contributed by atoms with Gasteiger partial charge in [-0.2, -0.15) is 0 Å². The van der Waals surface area contributed by atoms with Gasteiger partial charge in [-0.25, -0.2) is 0 Å². The molecule has 0 radical (unpaired) electrons. The van der Waals surface area contributed by atoms with Crippen molar-refractivity contribution in [3.8, 4) is 0 Å². The van der Waals surface area contributed by atoms with Gasteiger partial charge >= 0.3 is 0 Å². The summed E-state index contributed by atoms with van der Waals surface area (Å²) in [5.41, 5.74) is 0. The average molecular weight is 484 g/mol. The number of hydrogen-bond donors (Lipinski definition) is 3. The minimum absolute atomic E-state index is 0. The largest absolute Gasteiger partial charge is 0.393 e. The monoisotopic (exact) mass is 483 g/mol. The lowest BCUT2D eigenvalue weighted by Crippen LogP contribution is -2.45. The summed E-state index contributed by atoms with van der Waals surface area (Å²) in [6.45, 7) is 3.69. The first kappa shape index (κ1) is 21.9. The van der Waals surface area contributed by atoms with Crippen molar-refractivity contribution in [1.29, 1.82) is 0 Å². The molecule has 1 saturated carbocycles. The van der Waals surface area contributed by atoms with E-state index in [-0.39, 0.29) is 30.1 Å². The minimum Gasteiger partial charge on any atom is -0.393 e. The van der Waals surface area contributed by atoms with Crippen molar-refractivity contribution in [3.63, 3.8) is 0 Å². The second-order valence-corrected chi connectivity index (χ2v) is 7.32. The van der Waals surface area contributed by atoms with Gasteiger partial charge in [0.1, 0.15) is 0 Å². The number of benzene rings is 1. The Hall–Kier alpha value is -0.180. The Morgan fingerprint density at radius 3 is 2.54 bits per heavy atom. The number of aliphatic hydroxyl groups excluding tert-OH is 1. The first-order valence-corrected chi connectivity index (χ1v) is 9.65. The van der Waals surface area contributed by atoms with E-state index in [1.165, 1.54) is 4.90 Å². The van der Waals surface area contributed by atoms with Crippen molar-refractivity contribution in [3.05, 3.63) is 29.3 Å². The van der Waals surface area contributed by atoms with Crippen LogP contribution in [0.15, 0.2) is 34.2 Å². The smallest absolute Gasteiger partial charge is 0.191 e. The third-order valence-corrected chi connectivity index (χ3v) is 5.07. The van der Waals surface area contributed by atoms with Crippen LogP contribution in [0.5, 0.6) is 0 Å². The predicted molar refractivity (Wildman–Crippen MR) is 115 cm³/mol. The van der Waals surface area contributed by atoms with Crippen LogP contribution in [0.3, 0.4) is 0 Å². The Morgan fingerprint density at radius 2 is 1.92 bits per heavy atom. The molecule has 1 aliphatic rings. The molecule has 1 aromatic carbocycles. The van der Waals surface area contributed by atoms with Gasteiger partial charge in [-0.05, 0) is 56.9 Å². The highest BCUT2D eigenvalue weighted by Gasteiger charge is 2.19. The fourth-order valence-corrected chi connectivity index (χ4v) is 3.46. The summed E-state index contributed by atoms with van der Waals surface area (Å²) < 4.78 is 0. The number of guanidine groups is 1. The SMILES string of the molecule is CCNC(=NCCSc1ccc(Cl)cc1)NC1CCC(O)CC1.I. The first-order valence-electron chi connectivity index (χ1n) is 8.28. The van der Waals surface area contributed by atoms with Gasteiger partial charge in [0, 0.05) is 28.3 Å². The molecule has 0 spiro atoms. The van der Waals surface area contributed by atoms with E-state index in [2.05, 4.69) is 22.5 Å². The van der Waals surface area contributed by atoms with Crippen molar-refractivity contribution < 1.29 is 5.11 Å².